The fraction of sp³-hybridized carbons (Fsp3) is 0.400. The standard InChI is InChI=1S/C10H15FN2O/c1-13(14-2)10(7-12)8-5-3-4-6-9(8)11/h3-6,10H,7,12H2,1-2H3. The van der Waals surface area contributed by atoms with Gasteiger partial charge >= 0.3 is 0 Å². The Morgan fingerprint density at radius 3 is 2.64 bits per heavy atom. The predicted octanol–water partition coefficient (Wildman–Crippen LogP) is 1.32. The van der Waals surface area contributed by atoms with Crippen molar-refractivity contribution < 1.29 is 9.23 Å². The fourth-order valence-electron chi connectivity index (χ4n) is 1.34. The highest BCUT2D eigenvalue weighted by atomic mass is 19.1. The largest absolute Gasteiger partial charge is 0.329 e. The van der Waals surface area contributed by atoms with E-state index in [4.69, 9.17) is 10.6 Å². The van der Waals surface area contributed by atoms with Gasteiger partial charge in [-0.2, -0.15) is 5.06 Å². The molecular formula is C10H15FN2O. The minimum absolute atomic E-state index is 0.249. The lowest BCUT2D eigenvalue weighted by Gasteiger charge is -2.25. The van der Waals surface area contributed by atoms with E-state index in [0.29, 0.717) is 12.1 Å². The van der Waals surface area contributed by atoms with E-state index in [0.717, 1.165) is 0 Å². The molecule has 0 aliphatic carbocycles. The van der Waals surface area contributed by atoms with Crippen LogP contribution >= 0.6 is 0 Å². The molecule has 0 saturated carbocycles. The first-order valence-corrected chi connectivity index (χ1v) is 4.42. The van der Waals surface area contributed by atoms with Gasteiger partial charge in [0, 0.05) is 19.2 Å². The summed E-state index contributed by atoms with van der Waals surface area (Å²) in [5, 5.41) is 1.54. The molecule has 0 aliphatic rings. The van der Waals surface area contributed by atoms with Crippen molar-refractivity contribution in [1.29, 1.82) is 0 Å². The third kappa shape index (κ3) is 2.29. The van der Waals surface area contributed by atoms with Gasteiger partial charge in [0.25, 0.3) is 0 Å². The van der Waals surface area contributed by atoms with Crippen molar-refractivity contribution in [3.63, 3.8) is 0 Å². The summed E-state index contributed by atoms with van der Waals surface area (Å²) in [6.45, 7) is 0.311. The number of nitrogens with zero attached hydrogens (tertiary/aromatic N) is 1. The zero-order chi connectivity index (χ0) is 10.6. The molecule has 0 aliphatic heterocycles. The van der Waals surface area contributed by atoms with Crippen LogP contribution in [0.2, 0.25) is 0 Å². The molecule has 0 fully saturated rings. The minimum Gasteiger partial charge on any atom is -0.329 e. The Bertz CT molecular complexity index is 293. The fourth-order valence-corrected chi connectivity index (χ4v) is 1.34. The van der Waals surface area contributed by atoms with Gasteiger partial charge in [-0.1, -0.05) is 18.2 Å². The Kier molecular flexibility index (Phi) is 4.00. The molecule has 14 heavy (non-hydrogen) atoms. The predicted molar refractivity (Wildman–Crippen MR) is 53.0 cm³/mol. The molecular weight excluding hydrogens is 183 g/mol. The Hall–Kier alpha value is -0.970. The van der Waals surface area contributed by atoms with Gasteiger partial charge in [0.05, 0.1) is 13.2 Å². The number of hydroxylamine groups is 2. The van der Waals surface area contributed by atoms with E-state index in [1.807, 2.05) is 0 Å². The van der Waals surface area contributed by atoms with Crippen molar-refractivity contribution in [2.45, 2.75) is 6.04 Å². The van der Waals surface area contributed by atoms with E-state index in [9.17, 15) is 4.39 Å². The average Bonchev–Trinajstić information content (AvgIpc) is 2.21. The van der Waals surface area contributed by atoms with Crippen LogP contribution in [0, 0.1) is 5.82 Å². The van der Waals surface area contributed by atoms with E-state index in [1.165, 1.54) is 13.2 Å². The summed E-state index contributed by atoms with van der Waals surface area (Å²) in [5.41, 5.74) is 6.12. The molecule has 78 valence electrons. The van der Waals surface area contributed by atoms with E-state index >= 15 is 0 Å². The van der Waals surface area contributed by atoms with Crippen molar-refractivity contribution in [3.8, 4) is 0 Å². The van der Waals surface area contributed by atoms with E-state index in [2.05, 4.69) is 0 Å². The van der Waals surface area contributed by atoms with Crippen molar-refractivity contribution >= 4 is 0 Å². The second-order valence-corrected chi connectivity index (χ2v) is 3.00. The first-order chi connectivity index (χ1) is 6.70. The van der Waals surface area contributed by atoms with Crippen LogP contribution in [0.3, 0.4) is 0 Å². The number of likely N-dealkylation sites (N-methyl/N-ethyl adjacent to an activating group) is 1. The van der Waals surface area contributed by atoms with Gasteiger partial charge in [0.2, 0.25) is 0 Å². The molecule has 4 heteroatoms. The zero-order valence-electron chi connectivity index (χ0n) is 8.40. The summed E-state index contributed by atoms with van der Waals surface area (Å²) < 4.78 is 13.4. The third-order valence-electron chi connectivity index (χ3n) is 2.21. The number of hydrogen-bond acceptors (Lipinski definition) is 3. The molecule has 0 radical (unpaired) electrons. The molecule has 0 aromatic heterocycles. The maximum atomic E-state index is 13.4. The van der Waals surface area contributed by atoms with E-state index in [1.54, 1.807) is 30.3 Å². The highest BCUT2D eigenvalue weighted by Crippen LogP contribution is 2.20. The van der Waals surface area contributed by atoms with Crippen molar-refractivity contribution in [1.82, 2.24) is 5.06 Å². The quantitative estimate of drug-likeness (QED) is 0.741. The molecule has 0 spiro atoms. The molecule has 1 aromatic carbocycles. The smallest absolute Gasteiger partial charge is 0.128 e. The average molecular weight is 198 g/mol. The van der Waals surface area contributed by atoms with Crippen LogP contribution in [-0.2, 0) is 4.84 Å². The topological polar surface area (TPSA) is 38.5 Å². The Balaban J connectivity index is 2.94. The van der Waals surface area contributed by atoms with Gasteiger partial charge in [-0.15, -0.1) is 0 Å². The molecule has 0 saturated heterocycles. The lowest BCUT2D eigenvalue weighted by molar-refractivity contribution is -0.140. The summed E-state index contributed by atoms with van der Waals surface area (Å²) in [6, 6.07) is 6.31. The second-order valence-electron chi connectivity index (χ2n) is 3.00. The Labute approximate surface area is 83.2 Å². The highest BCUT2D eigenvalue weighted by Gasteiger charge is 2.18. The van der Waals surface area contributed by atoms with E-state index < -0.39 is 0 Å². The number of halogens is 1. The molecule has 0 amide bonds. The van der Waals surface area contributed by atoms with Gasteiger partial charge in [0.1, 0.15) is 5.82 Å². The van der Waals surface area contributed by atoms with Crippen LogP contribution in [0.25, 0.3) is 0 Å². The van der Waals surface area contributed by atoms with Crippen LogP contribution in [0.1, 0.15) is 11.6 Å². The van der Waals surface area contributed by atoms with Crippen LogP contribution in [0.4, 0.5) is 4.39 Å². The molecule has 3 nitrogen and oxygen atoms in total. The molecule has 1 rings (SSSR count). The maximum absolute atomic E-state index is 13.4. The monoisotopic (exact) mass is 198 g/mol. The molecule has 0 bridgehead atoms. The number of hydrogen-bond donors (Lipinski definition) is 1. The summed E-state index contributed by atoms with van der Waals surface area (Å²) in [7, 11) is 3.26. The van der Waals surface area contributed by atoms with Crippen LogP contribution < -0.4 is 5.73 Å². The van der Waals surface area contributed by atoms with Gasteiger partial charge in [-0.3, -0.25) is 0 Å². The Morgan fingerprint density at radius 2 is 2.14 bits per heavy atom. The molecule has 1 unspecified atom stereocenters. The maximum Gasteiger partial charge on any atom is 0.128 e. The number of benzene rings is 1. The van der Waals surface area contributed by atoms with Crippen molar-refractivity contribution in [2.24, 2.45) is 5.73 Å². The summed E-state index contributed by atoms with van der Waals surface area (Å²) in [6.07, 6.45) is 0. The summed E-state index contributed by atoms with van der Waals surface area (Å²) in [5.74, 6) is -0.258. The first-order valence-electron chi connectivity index (χ1n) is 4.42. The van der Waals surface area contributed by atoms with Gasteiger partial charge in [-0.05, 0) is 6.07 Å². The SMILES string of the molecule is CON(C)C(CN)c1ccccc1F. The van der Waals surface area contributed by atoms with Crippen molar-refractivity contribution in [3.05, 3.63) is 35.6 Å². The van der Waals surface area contributed by atoms with E-state index in [-0.39, 0.29) is 11.9 Å². The Morgan fingerprint density at radius 1 is 1.50 bits per heavy atom. The molecule has 1 atom stereocenters. The molecule has 0 heterocycles. The summed E-state index contributed by atoms with van der Waals surface area (Å²) in [4.78, 5) is 5.00. The van der Waals surface area contributed by atoms with Crippen LogP contribution in [-0.4, -0.2) is 25.8 Å². The van der Waals surface area contributed by atoms with Gasteiger partial charge in [0.15, 0.2) is 0 Å². The number of nitrogens with two attached hydrogens (primary N) is 1. The molecule has 2 N–H and O–H groups in total. The summed E-state index contributed by atoms with van der Waals surface area (Å²) >= 11 is 0. The highest BCUT2D eigenvalue weighted by molar-refractivity contribution is 5.21. The van der Waals surface area contributed by atoms with Crippen molar-refractivity contribution in [2.75, 3.05) is 20.7 Å². The first kappa shape index (κ1) is 11.1. The van der Waals surface area contributed by atoms with Gasteiger partial charge < -0.3 is 10.6 Å². The molecule has 1 aromatic rings. The third-order valence-corrected chi connectivity index (χ3v) is 2.21. The van der Waals surface area contributed by atoms with Crippen LogP contribution in [0.15, 0.2) is 24.3 Å². The second kappa shape index (κ2) is 5.05. The lowest BCUT2D eigenvalue weighted by atomic mass is 10.1. The van der Waals surface area contributed by atoms with Crippen LogP contribution in [0.5, 0.6) is 0 Å². The normalized spacial score (nSPS) is 13.2. The minimum atomic E-state index is -0.258. The van der Waals surface area contributed by atoms with Gasteiger partial charge in [-0.25, -0.2) is 4.39 Å². The zero-order valence-corrected chi connectivity index (χ0v) is 8.40. The number of rotatable bonds is 4. The lowest BCUT2D eigenvalue weighted by Crippen LogP contribution is -2.30.